The quantitative estimate of drug-likeness (QED) is 0.310. The number of para-hydroxylation sites is 1. The number of benzene rings is 3. The molecule has 0 amide bonds. The molecule has 2 aromatic heterocycles. The first-order valence-corrected chi connectivity index (χ1v) is 12.6. The van der Waals surface area contributed by atoms with Gasteiger partial charge in [-0.2, -0.15) is 5.10 Å². The van der Waals surface area contributed by atoms with Gasteiger partial charge in [0.2, 0.25) is 0 Å². The maximum atomic E-state index is 13.2. The fraction of sp³-hybridized carbons (Fsp3) is 0.0741. The van der Waals surface area contributed by atoms with E-state index in [4.69, 9.17) is 9.47 Å². The molecule has 0 fully saturated rings. The topological polar surface area (TPSA) is 109 Å². The molecule has 0 aliphatic rings. The average Bonchev–Trinajstić information content (AvgIpc) is 3.55. The van der Waals surface area contributed by atoms with Crippen molar-refractivity contribution in [2.45, 2.75) is 4.90 Å². The van der Waals surface area contributed by atoms with E-state index in [0.717, 1.165) is 0 Å². The number of fused-ring (bicyclic) bond motifs is 1. The minimum absolute atomic E-state index is 0.0612. The number of rotatable bonds is 6. The highest BCUT2D eigenvalue weighted by Gasteiger charge is 2.31. The largest absolute Gasteiger partial charge is 0.465 e. The van der Waals surface area contributed by atoms with Gasteiger partial charge >= 0.3 is 11.9 Å². The summed E-state index contributed by atoms with van der Waals surface area (Å²) in [6.07, 6.45) is 1.47. The number of esters is 2. The zero-order chi connectivity index (χ0) is 26.2. The third-order valence-corrected chi connectivity index (χ3v) is 7.59. The van der Waals surface area contributed by atoms with Crippen LogP contribution in [0, 0.1) is 0 Å². The fourth-order valence-electron chi connectivity index (χ4n) is 4.14. The van der Waals surface area contributed by atoms with E-state index in [0.29, 0.717) is 22.2 Å². The number of hydrogen-bond donors (Lipinski definition) is 0. The second kappa shape index (κ2) is 9.40. The predicted octanol–water partition coefficient (Wildman–Crippen LogP) is 4.30. The van der Waals surface area contributed by atoms with Crippen LogP contribution in [0.15, 0.2) is 96.0 Å². The Morgan fingerprint density at radius 3 is 2.11 bits per heavy atom. The Labute approximate surface area is 212 Å². The molecular weight excluding hydrogens is 494 g/mol. The van der Waals surface area contributed by atoms with Crippen LogP contribution in [0.25, 0.3) is 27.8 Å². The fourth-order valence-corrected chi connectivity index (χ4v) is 5.51. The summed E-state index contributed by atoms with van der Waals surface area (Å²) in [5, 5.41) is 5.19. The molecule has 186 valence electrons. The number of ether oxygens (including phenoxy) is 2. The van der Waals surface area contributed by atoms with Gasteiger partial charge in [-0.25, -0.2) is 26.7 Å². The maximum absolute atomic E-state index is 13.2. The number of nitrogens with zero attached hydrogens (tertiary/aromatic N) is 3. The van der Waals surface area contributed by atoms with Crippen LogP contribution in [0.2, 0.25) is 0 Å². The van der Waals surface area contributed by atoms with Gasteiger partial charge in [0.15, 0.2) is 5.69 Å². The monoisotopic (exact) mass is 515 g/mol. The van der Waals surface area contributed by atoms with Crippen molar-refractivity contribution >= 4 is 32.9 Å². The van der Waals surface area contributed by atoms with Gasteiger partial charge in [0.05, 0.1) is 30.3 Å². The molecule has 9 nitrogen and oxygen atoms in total. The van der Waals surface area contributed by atoms with E-state index >= 15 is 0 Å². The third kappa shape index (κ3) is 4.07. The number of carbonyl (C=O) groups is 2. The first kappa shape index (κ1) is 24.0. The molecule has 0 bridgehead atoms. The van der Waals surface area contributed by atoms with Crippen LogP contribution in [0.5, 0.6) is 0 Å². The lowest BCUT2D eigenvalue weighted by molar-refractivity contribution is 0.0549. The number of methoxy groups -OCH3 is 2. The molecule has 0 saturated heterocycles. The van der Waals surface area contributed by atoms with E-state index in [9.17, 15) is 18.0 Å². The van der Waals surface area contributed by atoms with Gasteiger partial charge in [0.1, 0.15) is 11.3 Å². The van der Waals surface area contributed by atoms with E-state index in [1.54, 1.807) is 66.7 Å². The molecule has 0 atom stereocenters. The molecule has 0 saturated carbocycles. The maximum Gasteiger partial charge on any atom is 0.357 e. The van der Waals surface area contributed by atoms with Crippen LogP contribution in [0.1, 0.15) is 20.8 Å². The van der Waals surface area contributed by atoms with Crippen LogP contribution in [-0.4, -0.2) is 48.3 Å². The van der Waals surface area contributed by atoms with Crippen molar-refractivity contribution in [1.82, 2.24) is 13.8 Å². The van der Waals surface area contributed by atoms with Gasteiger partial charge in [0, 0.05) is 17.1 Å². The Bertz CT molecular complexity index is 1740. The molecule has 2 heterocycles. The molecule has 37 heavy (non-hydrogen) atoms. The summed E-state index contributed by atoms with van der Waals surface area (Å²) in [6, 6.07) is 23.6. The van der Waals surface area contributed by atoms with Crippen molar-refractivity contribution < 1.29 is 27.5 Å². The number of carbonyl (C=O) groups excluding carboxylic acids is 2. The standard InChI is InChI=1S/C27H21N3O6S/c1-35-26(31)23-24(28-30(25(23)27(32)36-2)20-9-5-3-6-10-20)19-13-14-22-18(17-19)15-16-29(22)37(33,34)21-11-7-4-8-12-21/h3-17H,1-2H3. The highest BCUT2D eigenvalue weighted by molar-refractivity contribution is 7.90. The van der Waals surface area contributed by atoms with Crippen LogP contribution in [0.3, 0.4) is 0 Å². The van der Waals surface area contributed by atoms with E-state index in [1.807, 2.05) is 6.07 Å². The van der Waals surface area contributed by atoms with Gasteiger partial charge in [-0.1, -0.05) is 42.5 Å². The number of hydrogen-bond acceptors (Lipinski definition) is 7. The predicted molar refractivity (Wildman–Crippen MR) is 136 cm³/mol. The molecule has 10 heteroatoms. The van der Waals surface area contributed by atoms with Crippen molar-refractivity contribution in [2.24, 2.45) is 0 Å². The lowest BCUT2D eigenvalue weighted by Crippen LogP contribution is -2.15. The SMILES string of the molecule is COC(=O)c1c(-c2ccc3c(ccn3S(=O)(=O)c3ccccc3)c2)nn(-c2ccccc2)c1C(=O)OC. The normalized spacial score (nSPS) is 11.4. The molecule has 5 aromatic rings. The Morgan fingerprint density at radius 1 is 0.811 bits per heavy atom. The van der Waals surface area contributed by atoms with E-state index in [1.165, 1.54) is 41.2 Å². The van der Waals surface area contributed by atoms with Crippen molar-refractivity contribution in [3.63, 3.8) is 0 Å². The summed E-state index contributed by atoms with van der Waals surface area (Å²) in [5.41, 5.74) is 1.52. The zero-order valence-electron chi connectivity index (χ0n) is 19.9. The Balaban J connectivity index is 1.71. The lowest BCUT2D eigenvalue weighted by Gasteiger charge is -2.08. The van der Waals surface area contributed by atoms with Crippen LogP contribution >= 0.6 is 0 Å². The molecule has 0 unspecified atom stereocenters. The minimum atomic E-state index is -3.82. The Hall–Kier alpha value is -4.70. The highest BCUT2D eigenvalue weighted by Crippen LogP contribution is 2.32. The van der Waals surface area contributed by atoms with Crippen molar-refractivity contribution in [1.29, 1.82) is 0 Å². The first-order chi connectivity index (χ1) is 17.9. The summed E-state index contributed by atoms with van der Waals surface area (Å²) in [7, 11) is -1.39. The average molecular weight is 516 g/mol. The summed E-state index contributed by atoms with van der Waals surface area (Å²) in [6.45, 7) is 0. The zero-order valence-corrected chi connectivity index (χ0v) is 20.7. The Morgan fingerprint density at radius 2 is 1.46 bits per heavy atom. The Kier molecular flexibility index (Phi) is 6.10. The van der Waals surface area contributed by atoms with Gasteiger partial charge in [0.25, 0.3) is 10.0 Å². The summed E-state index contributed by atoms with van der Waals surface area (Å²) in [4.78, 5) is 25.8. The van der Waals surface area contributed by atoms with Crippen LogP contribution in [-0.2, 0) is 19.5 Å². The first-order valence-electron chi connectivity index (χ1n) is 11.1. The molecule has 0 aliphatic carbocycles. The van der Waals surface area contributed by atoms with Gasteiger partial charge in [-0.15, -0.1) is 0 Å². The molecule has 0 radical (unpaired) electrons. The summed E-state index contributed by atoms with van der Waals surface area (Å²) in [5.74, 6) is -1.52. The van der Waals surface area contributed by atoms with Crippen molar-refractivity contribution in [2.75, 3.05) is 14.2 Å². The van der Waals surface area contributed by atoms with Crippen molar-refractivity contribution in [3.8, 4) is 16.9 Å². The summed E-state index contributed by atoms with van der Waals surface area (Å²) < 4.78 is 38.9. The van der Waals surface area contributed by atoms with E-state index < -0.39 is 22.0 Å². The second-order valence-corrected chi connectivity index (χ2v) is 9.82. The molecule has 0 N–H and O–H groups in total. The summed E-state index contributed by atoms with van der Waals surface area (Å²) >= 11 is 0. The van der Waals surface area contributed by atoms with Crippen molar-refractivity contribution in [3.05, 3.63) is 102 Å². The molecule has 0 spiro atoms. The molecule has 0 aliphatic heterocycles. The van der Waals surface area contributed by atoms with E-state index in [-0.39, 0.29) is 21.8 Å². The van der Waals surface area contributed by atoms with E-state index in [2.05, 4.69) is 5.10 Å². The van der Waals surface area contributed by atoms with Gasteiger partial charge < -0.3 is 9.47 Å². The number of aromatic nitrogens is 3. The van der Waals surface area contributed by atoms with Crippen LogP contribution < -0.4 is 0 Å². The van der Waals surface area contributed by atoms with Crippen LogP contribution in [0.4, 0.5) is 0 Å². The molecular formula is C27H21N3O6S. The van der Waals surface area contributed by atoms with Gasteiger partial charge in [-0.05, 0) is 42.5 Å². The molecule has 5 rings (SSSR count). The smallest absolute Gasteiger partial charge is 0.357 e. The second-order valence-electron chi connectivity index (χ2n) is 8.01. The molecule has 3 aromatic carbocycles. The lowest BCUT2D eigenvalue weighted by atomic mass is 10.0. The highest BCUT2D eigenvalue weighted by atomic mass is 32.2. The minimum Gasteiger partial charge on any atom is -0.465 e. The third-order valence-electron chi connectivity index (χ3n) is 5.88. The van der Waals surface area contributed by atoms with Gasteiger partial charge in [-0.3, -0.25) is 0 Å².